The summed E-state index contributed by atoms with van der Waals surface area (Å²) < 4.78 is 2.67. The Kier molecular flexibility index (Phi) is 3.11. The summed E-state index contributed by atoms with van der Waals surface area (Å²) >= 11 is 4.89. The predicted octanol–water partition coefficient (Wildman–Crippen LogP) is 2.28. The van der Waals surface area contributed by atoms with E-state index in [4.69, 9.17) is 0 Å². The van der Waals surface area contributed by atoms with Crippen LogP contribution in [0.25, 0.3) is 4.96 Å². The van der Waals surface area contributed by atoms with Crippen LogP contribution < -0.4 is 0 Å². The lowest BCUT2D eigenvalue weighted by Crippen LogP contribution is -2.36. The predicted molar refractivity (Wildman–Crippen MR) is 72.8 cm³/mol. The maximum atomic E-state index is 11.3. The van der Waals surface area contributed by atoms with Crippen LogP contribution in [0.1, 0.15) is 31.4 Å². The number of fused-ring (bicyclic) bond motifs is 1. The number of hydrogen-bond donors (Lipinski definition) is 0. The summed E-state index contributed by atoms with van der Waals surface area (Å²) in [6.07, 6.45) is 3.99. The molecule has 2 aromatic heterocycles. The summed E-state index contributed by atoms with van der Waals surface area (Å²) in [5.41, 5.74) is 1.10. The molecule has 0 N–H and O–H groups in total. The van der Waals surface area contributed by atoms with Gasteiger partial charge in [0.15, 0.2) is 3.92 Å². The summed E-state index contributed by atoms with van der Waals surface area (Å²) in [5.74, 6) is 0.623. The number of hydrogen-bond acceptors (Lipinski definition) is 4. The largest absolute Gasteiger partial charge is 0.343 e. The second kappa shape index (κ2) is 4.62. The first-order valence-corrected chi connectivity index (χ1v) is 7.51. The molecule has 5 nitrogen and oxygen atoms in total. The number of imidazole rings is 1. The van der Waals surface area contributed by atoms with E-state index in [0.29, 0.717) is 5.92 Å². The van der Waals surface area contributed by atoms with Crippen molar-refractivity contribution in [2.45, 2.75) is 25.7 Å². The summed E-state index contributed by atoms with van der Waals surface area (Å²) in [6.45, 7) is 3.30. The Hall–Kier alpha value is -0.950. The van der Waals surface area contributed by atoms with Crippen molar-refractivity contribution in [2.75, 3.05) is 13.1 Å². The van der Waals surface area contributed by atoms with Gasteiger partial charge in [0.05, 0.1) is 11.9 Å². The van der Waals surface area contributed by atoms with Gasteiger partial charge in [-0.05, 0) is 28.8 Å². The van der Waals surface area contributed by atoms with Crippen LogP contribution in [0.3, 0.4) is 0 Å². The van der Waals surface area contributed by atoms with Crippen molar-refractivity contribution in [1.82, 2.24) is 19.5 Å². The fraction of sp³-hybridized carbons (Fsp3) is 0.545. The Morgan fingerprint density at radius 1 is 1.50 bits per heavy atom. The van der Waals surface area contributed by atoms with Crippen molar-refractivity contribution >= 4 is 38.1 Å². The van der Waals surface area contributed by atoms with Gasteiger partial charge in [-0.25, -0.2) is 9.50 Å². The lowest BCUT2D eigenvalue weighted by Gasteiger charge is -2.30. The van der Waals surface area contributed by atoms with Crippen LogP contribution in [0, 0.1) is 0 Å². The molecule has 0 unspecified atom stereocenters. The normalized spacial score (nSPS) is 17.6. The molecule has 18 heavy (non-hydrogen) atoms. The Labute approximate surface area is 117 Å². The van der Waals surface area contributed by atoms with E-state index in [9.17, 15) is 4.79 Å². The van der Waals surface area contributed by atoms with Gasteiger partial charge in [0.25, 0.3) is 0 Å². The SMILES string of the molecule is CC(=O)N1CCC(c2cn3nc(Br)sc3n2)CC1. The monoisotopic (exact) mass is 328 g/mol. The molecule has 0 spiro atoms. The van der Waals surface area contributed by atoms with Crippen molar-refractivity contribution in [3.63, 3.8) is 0 Å². The van der Waals surface area contributed by atoms with E-state index in [-0.39, 0.29) is 5.91 Å². The smallest absolute Gasteiger partial charge is 0.219 e. The molecule has 1 saturated heterocycles. The Morgan fingerprint density at radius 2 is 2.22 bits per heavy atom. The van der Waals surface area contributed by atoms with Gasteiger partial charge < -0.3 is 4.90 Å². The molecule has 7 heteroatoms. The van der Waals surface area contributed by atoms with Gasteiger partial charge >= 0.3 is 0 Å². The first-order valence-electron chi connectivity index (χ1n) is 5.90. The van der Waals surface area contributed by atoms with E-state index >= 15 is 0 Å². The van der Waals surface area contributed by atoms with E-state index in [1.165, 1.54) is 11.3 Å². The van der Waals surface area contributed by atoms with Crippen LogP contribution in [-0.4, -0.2) is 38.5 Å². The number of rotatable bonds is 1. The minimum atomic E-state index is 0.171. The minimum absolute atomic E-state index is 0.171. The molecule has 0 aliphatic carbocycles. The van der Waals surface area contributed by atoms with Crippen LogP contribution in [0.4, 0.5) is 0 Å². The number of nitrogens with zero attached hydrogens (tertiary/aromatic N) is 4. The highest BCUT2D eigenvalue weighted by molar-refractivity contribution is 9.11. The number of piperidine rings is 1. The first-order chi connectivity index (χ1) is 8.63. The number of carbonyl (C=O) groups excluding carboxylic acids is 1. The molecule has 0 radical (unpaired) electrons. The zero-order valence-corrected chi connectivity index (χ0v) is 12.4. The molecule has 96 valence electrons. The molecule has 0 aromatic carbocycles. The number of halogens is 1. The van der Waals surface area contributed by atoms with Gasteiger partial charge in [0.2, 0.25) is 10.9 Å². The van der Waals surface area contributed by atoms with Gasteiger partial charge in [-0.15, -0.1) is 5.10 Å². The van der Waals surface area contributed by atoms with Crippen molar-refractivity contribution in [2.24, 2.45) is 0 Å². The van der Waals surface area contributed by atoms with Crippen molar-refractivity contribution in [3.8, 4) is 0 Å². The zero-order chi connectivity index (χ0) is 12.7. The highest BCUT2D eigenvalue weighted by Crippen LogP contribution is 2.29. The maximum Gasteiger partial charge on any atom is 0.219 e. The molecule has 1 aliphatic rings. The van der Waals surface area contributed by atoms with Gasteiger partial charge in [-0.1, -0.05) is 11.3 Å². The number of amides is 1. The Bertz CT molecular complexity index is 553. The third-order valence-corrected chi connectivity index (χ3v) is 4.75. The Morgan fingerprint density at radius 3 is 2.83 bits per heavy atom. The van der Waals surface area contributed by atoms with E-state index in [2.05, 4.69) is 26.0 Å². The van der Waals surface area contributed by atoms with E-state index in [0.717, 1.165) is 40.5 Å². The van der Waals surface area contributed by atoms with Crippen LogP contribution in [0.15, 0.2) is 10.1 Å². The van der Waals surface area contributed by atoms with Crippen molar-refractivity contribution in [1.29, 1.82) is 0 Å². The average Bonchev–Trinajstić information content (AvgIpc) is 2.86. The quantitative estimate of drug-likeness (QED) is 0.806. The Balaban J connectivity index is 1.75. The van der Waals surface area contributed by atoms with Gasteiger partial charge in [-0.2, -0.15) is 0 Å². The van der Waals surface area contributed by atoms with Gasteiger partial charge in [-0.3, -0.25) is 4.79 Å². The third-order valence-electron chi connectivity index (χ3n) is 3.40. The number of likely N-dealkylation sites (tertiary alicyclic amines) is 1. The number of aromatic nitrogens is 3. The molecular formula is C11H13BrN4OS. The van der Waals surface area contributed by atoms with E-state index in [1.54, 1.807) is 6.92 Å². The van der Waals surface area contributed by atoms with E-state index < -0.39 is 0 Å². The average molecular weight is 329 g/mol. The van der Waals surface area contributed by atoms with Gasteiger partial charge in [0.1, 0.15) is 0 Å². The molecule has 0 atom stereocenters. The van der Waals surface area contributed by atoms with Crippen LogP contribution in [0.5, 0.6) is 0 Å². The van der Waals surface area contributed by atoms with Crippen LogP contribution in [-0.2, 0) is 4.79 Å². The molecular weight excluding hydrogens is 316 g/mol. The number of carbonyl (C=O) groups is 1. The molecule has 0 bridgehead atoms. The fourth-order valence-electron chi connectivity index (χ4n) is 2.38. The molecule has 3 heterocycles. The maximum absolute atomic E-state index is 11.3. The molecule has 1 aliphatic heterocycles. The summed E-state index contributed by atoms with van der Waals surface area (Å²) in [5, 5.41) is 4.30. The summed E-state index contributed by atoms with van der Waals surface area (Å²) in [6, 6.07) is 0. The highest BCUT2D eigenvalue weighted by atomic mass is 79.9. The molecule has 3 rings (SSSR count). The zero-order valence-electron chi connectivity index (χ0n) is 9.97. The summed E-state index contributed by atoms with van der Waals surface area (Å²) in [4.78, 5) is 18.7. The lowest BCUT2D eigenvalue weighted by atomic mass is 9.94. The van der Waals surface area contributed by atoms with Gasteiger partial charge in [0, 0.05) is 25.9 Å². The molecule has 0 saturated carbocycles. The molecule has 2 aromatic rings. The molecule has 1 fully saturated rings. The highest BCUT2D eigenvalue weighted by Gasteiger charge is 2.24. The van der Waals surface area contributed by atoms with Crippen molar-refractivity contribution in [3.05, 3.63) is 15.8 Å². The minimum Gasteiger partial charge on any atom is -0.343 e. The second-order valence-electron chi connectivity index (χ2n) is 4.53. The van der Waals surface area contributed by atoms with E-state index in [1.807, 2.05) is 15.6 Å². The first kappa shape index (κ1) is 12.1. The lowest BCUT2D eigenvalue weighted by molar-refractivity contribution is -0.129. The van der Waals surface area contributed by atoms with Crippen molar-refractivity contribution < 1.29 is 4.79 Å². The second-order valence-corrected chi connectivity index (χ2v) is 6.76. The van der Waals surface area contributed by atoms with Crippen LogP contribution >= 0.6 is 27.3 Å². The molecule has 1 amide bonds. The fourth-order valence-corrected chi connectivity index (χ4v) is 3.60. The topological polar surface area (TPSA) is 50.5 Å². The third kappa shape index (κ3) is 2.16. The van der Waals surface area contributed by atoms with Crippen LogP contribution in [0.2, 0.25) is 0 Å². The summed E-state index contributed by atoms with van der Waals surface area (Å²) in [7, 11) is 0. The standard InChI is InChI=1S/C11H13BrN4OS/c1-7(17)15-4-2-8(3-5-15)9-6-16-11(13-9)18-10(12)14-16/h6,8H,2-5H2,1H3.